The first-order valence-corrected chi connectivity index (χ1v) is 8.71. The van der Waals surface area contributed by atoms with Gasteiger partial charge in [-0.25, -0.2) is 8.78 Å². The number of carbonyl (C=O) groups is 1. The summed E-state index contributed by atoms with van der Waals surface area (Å²) in [7, 11) is 0. The van der Waals surface area contributed by atoms with Crippen LogP contribution in [0.15, 0.2) is 54.6 Å². The van der Waals surface area contributed by atoms with E-state index in [1.165, 1.54) is 30.3 Å². The Labute approximate surface area is 155 Å². The molecule has 0 spiro atoms. The summed E-state index contributed by atoms with van der Waals surface area (Å²) in [5.74, 6) is -0.220. The summed E-state index contributed by atoms with van der Waals surface area (Å²) in [5, 5.41) is 10.2. The van der Waals surface area contributed by atoms with Crippen molar-refractivity contribution in [2.24, 2.45) is 0 Å². The van der Waals surface area contributed by atoms with Gasteiger partial charge in [-0.15, -0.1) is 0 Å². The van der Waals surface area contributed by atoms with Crippen LogP contribution in [0.3, 0.4) is 0 Å². The summed E-state index contributed by atoms with van der Waals surface area (Å²) in [4.78, 5) is 14.3. The summed E-state index contributed by atoms with van der Waals surface area (Å²) in [6.45, 7) is 1.37. The molecule has 7 heteroatoms. The average Bonchev–Trinajstić information content (AvgIpc) is 3.32. The van der Waals surface area contributed by atoms with Gasteiger partial charge in [0.1, 0.15) is 11.6 Å². The topological polar surface area (TPSA) is 61.0 Å². The maximum Gasteiger partial charge on any atom is 0.251 e. The SMILES string of the molecule is O=C(NC1CCN(c2cc(-c3ccc(F)cc3)[nH]n2)C1)c1cccc(F)c1. The first-order valence-electron chi connectivity index (χ1n) is 8.71. The number of carbonyl (C=O) groups excluding carboxylic acids is 1. The van der Waals surface area contributed by atoms with Gasteiger partial charge in [0.15, 0.2) is 5.82 Å². The van der Waals surface area contributed by atoms with Crippen LogP contribution in [0, 0.1) is 11.6 Å². The summed E-state index contributed by atoms with van der Waals surface area (Å²) < 4.78 is 26.3. The molecule has 1 aliphatic heterocycles. The number of benzene rings is 2. The first-order chi connectivity index (χ1) is 13.1. The van der Waals surface area contributed by atoms with Gasteiger partial charge in [-0.05, 0) is 54.4 Å². The minimum atomic E-state index is -0.430. The zero-order valence-corrected chi connectivity index (χ0v) is 14.5. The van der Waals surface area contributed by atoms with Crippen molar-refractivity contribution < 1.29 is 13.6 Å². The molecule has 1 atom stereocenters. The summed E-state index contributed by atoms with van der Waals surface area (Å²) in [6.07, 6.45) is 0.778. The highest BCUT2D eigenvalue weighted by Crippen LogP contribution is 2.24. The van der Waals surface area contributed by atoms with Crippen LogP contribution in [0.1, 0.15) is 16.8 Å². The number of rotatable bonds is 4. The van der Waals surface area contributed by atoms with Gasteiger partial charge in [-0.3, -0.25) is 9.89 Å². The van der Waals surface area contributed by atoms with E-state index < -0.39 is 5.82 Å². The Hall–Kier alpha value is -3.22. The van der Waals surface area contributed by atoms with E-state index in [-0.39, 0.29) is 17.8 Å². The van der Waals surface area contributed by atoms with Crippen molar-refractivity contribution in [1.29, 1.82) is 0 Å². The molecule has 2 aromatic carbocycles. The van der Waals surface area contributed by atoms with E-state index >= 15 is 0 Å². The molecule has 0 saturated carbocycles. The number of nitrogens with zero attached hydrogens (tertiary/aromatic N) is 2. The molecule has 3 aromatic rings. The molecule has 1 aromatic heterocycles. The second kappa shape index (κ2) is 7.19. The maximum atomic E-state index is 13.3. The van der Waals surface area contributed by atoms with Crippen molar-refractivity contribution >= 4 is 11.7 Å². The highest BCUT2D eigenvalue weighted by Gasteiger charge is 2.26. The molecule has 1 unspecified atom stereocenters. The van der Waals surface area contributed by atoms with Gasteiger partial charge in [0, 0.05) is 30.8 Å². The third kappa shape index (κ3) is 3.81. The van der Waals surface area contributed by atoms with E-state index in [1.807, 2.05) is 6.07 Å². The highest BCUT2D eigenvalue weighted by atomic mass is 19.1. The van der Waals surface area contributed by atoms with E-state index in [9.17, 15) is 13.6 Å². The molecule has 138 valence electrons. The predicted octanol–water partition coefficient (Wildman–Crippen LogP) is 3.36. The number of aromatic amines is 1. The van der Waals surface area contributed by atoms with E-state index in [0.29, 0.717) is 12.1 Å². The number of nitrogens with one attached hydrogen (secondary N) is 2. The fourth-order valence-corrected chi connectivity index (χ4v) is 3.24. The Bertz CT molecular complexity index is 955. The highest BCUT2D eigenvalue weighted by molar-refractivity contribution is 5.94. The zero-order valence-electron chi connectivity index (χ0n) is 14.5. The summed E-state index contributed by atoms with van der Waals surface area (Å²) in [6, 6.07) is 13.7. The smallest absolute Gasteiger partial charge is 0.251 e. The van der Waals surface area contributed by atoms with Crippen LogP contribution in [-0.2, 0) is 0 Å². The first kappa shape index (κ1) is 17.2. The van der Waals surface area contributed by atoms with Crippen molar-refractivity contribution in [2.45, 2.75) is 12.5 Å². The third-order valence-corrected chi connectivity index (χ3v) is 4.65. The molecule has 5 nitrogen and oxygen atoms in total. The Balaban J connectivity index is 1.40. The monoisotopic (exact) mass is 368 g/mol. The van der Waals surface area contributed by atoms with Crippen molar-refractivity contribution in [3.8, 4) is 11.3 Å². The Morgan fingerprint density at radius 2 is 1.93 bits per heavy atom. The normalized spacial score (nSPS) is 16.5. The van der Waals surface area contributed by atoms with Gasteiger partial charge in [0.25, 0.3) is 5.91 Å². The molecular formula is C20H18F2N4O. The van der Waals surface area contributed by atoms with Crippen molar-refractivity contribution in [3.63, 3.8) is 0 Å². The van der Waals surface area contributed by atoms with Crippen molar-refractivity contribution in [2.75, 3.05) is 18.0 Å². The van der Waals surface area contributed by atoms with Crippen molar-refractivity contribution in [3.05, 3.63) is 71.8 Å². The number of amides is 1. The minimum Gasteiger partial charge on any atom is -0.353 e. The van der Waals surface area contributed by atoms with Gasteiger partial charge < -0.3 is 10.2 Å². The molecule has 4 rings (SSSR count). The Kier molecular flexibility index (Phi) is 4.58. The van der Waals surface area contributed by atoms with Crippen LogP contribution in [0.2, 0.25) is 0 Å². The second-order valence-corrected chi connectivity index (χ2v) is 6.56. The van der Waals surface area contributed by atoms with Crippen LogP contribution >= 0.6 is 0 Å². The maximum absolute atomic E-state index is 13.3. The molecule has 2 N–H and O–H groups in total. The van der Waals surface area contributed by atoms with Gasteiger partial charge in [-0.2, -0.15) is 5.10 Å². The summed E-state index contributed by atoms with van der Waals surface area (Å²) >= 11 is 0. The number of hydrogen-bond acceptors (Lipinski definition) is 3. The standard InChI is InChI=1S/C20H18F2N4O/c21-15-6-4-13(5-7-15)18-11-19(25-24-18)26-9-8-17(12-26)23-20(27)14-2-1-3-16(22)10-14/h1-7,10-11,17H,8-9,12H2,(H,23,27)(H,24,25). The molecule has 1 amide bonds. The second-order valence-electron chi connectivity index (χ2n) is 6.56. The molecule has 0 bridgehead atoms. The van der Waals surface area contributed by atoms with Crippen molar-refractivity contribution in [1.82, 2.24) is 15.5 Å². The minimum absolute atomic E-state index is 0.0354. The third-order valence-electron chi connectivity index (χ3n) is 4.65. The molecule has 0 aliphatic carbocycles. The molecule has 2 heterocycles. The largest absolute Gasteiger partial charge is 0.353 e. The molecule has 1 saturated heterocycles. The molecular weight excluding hydrogens is 350 g/mol. The Morgan fingerprint density at radius 3 is 2.70 bits per heavy atom. The lowest BCUT2D eigenvalue weighted by molar-refractivity contribution is 0.0940. The number of H-pyrrole nitrogens is 1. The lowest BCUT2D eigenvalue weighted by atomic mass is 10.1. The molecule has 1 aliphatic rings. The van der Waals surface area contributed by atoms with Crippen LogP contribution in [0.25, 0.3) is 11.3 Å². The number of aromatic nitrogens is 2. The zero-order chi connectivity index (χ0) is 18.8. The van der Waals surface area contributed by atoms with E-state index in [1.54, 1.807) is 18.2 Å². The molecule has 27 heavy (non-hydrogen) atoms. The Morgan fingerprint density at radius 1 is 1.11 bits per heavy atom. The molecule has 1 fully saturated rings. The van der Waals surface area contributed by atoms with E-state index in [0.717, 1.165) is 30.0 Å². The fraction of sp³-hybridized carbons (Fsp3) is 0.200. The van der Waals surface area contributed by atoms with Crippen LogP contribution in [0.4, 0.5) is 14.6 Å². The lowest BCUT2D eigenvalue weighted by Crippen LogP contribution is -2.37. The average molecular weight is 368 g/mol. The van der Waals surface area contributed by atoms with Gasteiger partial charge >= 0.3 is 0 Å². The fourth-order valence-electron chi connectivity index (χ4n) is 3.24. The van der Waals surface area contributed by atoms with Crippen LogP contribution in [-0.4, -0.2) is 35.2 Å². The van der Waals surface area contributed by atoms with Gasteiger partial charge in [0.05, 0.1) is 5.69 Å². The lowest BCUT2D eigenvalue weighted by Gasteiger charge is -2.16. The van der Waals surface area contributed by atoms with Crippen LogP contribution < -0.4 is 10.2 Å². The number of anilines is 1. The number of halogens is 2. The van der Waals surface area contributed by atoms with E-state index in [2.05, 4.69) is 20.4 Å². The van der Waals surface area contributed by atoms with Gasteiger partial charge in [0.2, 0.25) is 0 Å². The number of hydrogen-bond donors (Lipinski definition) is 2. The quantitative estimate of drug-likeness (QED) is 0.742. The van der Waals surface area contributed by atoms with Gasteiger partial charge in [-0.1, -0.05) is 6.07 Å². The molecule has 0 radical (unpaired) electrons. The van der Waals surface area contributed by atoms with E-state index in [4.69, 9.17) is 0 Å². The predicted molar refractivity (Wildman–Crippen MR) is 98.5 cm³/mol. The summed E-state index contributed by atoms with van der Waals surface area (Å²) in [5.41, 5.74) is 1.97. The van der Waals surface area contributed by atoms with Crippen LogP contribution in [0.5, 0.6) is 0 Å².